The van der Waals surface area contributed by atoms with Crippen LogP contribution in [0, 0.1) is 0 Å². The smallest absolute Gasteiger partial charge is 0.475 e. The molecule has 0 aliphatic carbocycles. The summed E-state index contributed by atoms with van der Waals surface area (Å²) in [4.78, 5) is 24.7. The van der Waals surface area contributed by atoms with E-state index in [0.717, 1.165) is 13.0 Å². The summed E-state index contributed by atoms with van der Waals surface area (Å²) in [7, 11) is 1.94. The Labute approximate surface area is 125 Å². The average molecular weight is 353 g/mol. The van der Waals surface area contributed by atoms with Crippen molar-refractivity contribution in [1.82, 2.24) is 15.3 Å². The molecule has 13 heteroatoms. The van der Waals surface area contributed by atoms with E-state index in [4.69, 9.17) is 19.8 Å². The lowest BCUT2D eigenvalue weighted by atomic mass is 10.3. The number of halogens is 6. The van der Waals surface area contributed by atoms with Crippen molar-refractivity contribution in [2.45, 2.75) is 18.8 Å². The quantitative estimate of drug-likeness (QED) is 0.611. The first-order chi connectivity index (χ1) is 10.3. The van der Waals surface area contributed by atoms with Crippen molar-refractivity contribution in [3.05, 3.63) is 18.2 Å². The third kappa shape index (κ3) is 14.4. The SMILES string of the molecule is CNCCc1cnc[nH]1.O=C(O)C(F)(F)F.O=C(O)C(F)(F)F. The molecule has 0 atom stereocenters. The highest BCUT2D eigenvalue weighted by molar-refractivity contribution is 5.73. The fraction of sp³-hybridized carbons (Fsp3) is 0.500. The van der Waals surface area contributed by atoms with E-state index in [2.05, 4.69) is 15.3 Å². The molecule has 0 aromatic carbocycles. The maximum absolute atomic E-state index is 10.6. The van der Waals surface area contributed by atoms with Gasteiger partial charge in [0.25, 0.3) is 0 Å². The number of aromatic nitrogens is 2. The van der Waals surface area contributed by atoms with Crippen LogP contribution < -0.4 is 5.32 Å². The molecule has 1 aromatic rings. The number of carboxylic acids is 2. The number of imidazole rings is 1. The number of hydrogen-bond donors (Lipinski definition) is 4. The second-order valence-electron chi connectivity index (χ2n) is 3.54. The van der Waals surface area contributed by atoms with Crippen molar-refractivity contribution in [3.8, 4) is 0 Å². The van der Waals surface area contributed by atoms with Gasteiger partial charge < -0.3 is 20.5 Å². The van der Waals surface area contributed by atoms with Gasteiger partial charge in [-0.05, 0) is 7.05 Å². The molecule has 0 spiro atoms. The zero-order chi connectivity index (χ0) is 18.7. The molecule has 1 rings (SSSR count). The predicted molar refractivity (Wildman–Crippen MR) is 63.6 cm³/mol. The fourth-order valence-corrected chi connectivity index (χ4v) is 0.681. The third-order valence-electron chi connectivity index (χ3n) is 1.68. The van der Waals surface area contributed by atoms with Gasteiger partial charge in [0, 0.05) is 24.9 Å². The molecular weight excluding hydrogens is 340 g/mol. The minimum absolute atomic E-state index is 1.00. The molecule has 7 nitrogen and oxygen atoms in total. The lowest BCUT2D eigenvalue weighted by Crippen LogP contribution is -2.21. The number of carbonyl (C=O) groups is 2. The van der Waals surface area contributed by atoms with Crippen LogP contribution in [-0.2, 0) is 16.0 Å². The molecule has 0 aliphatic rings. The molecule has 0 fully saturated rings. The first-order valence-electron chi connectivity index (χ1n) is 5.54. The van der Waals surface area contributed by atoms with E-state index in [-0.39, 0.29) is 0 Å². The normalized spacial score (nSPS) is 10.7. The monoisotopic (exact) mass is 353 g/mol. The van der Waals surface area contributed by atoms with Gasteiger partial charge in [0.05, 0.1) is 6.33 Å². The molecule has 0 radical (unpaired) electrons. The molecule has 0 saturated carbocycles. The van der Waals surface area contributed by atoms with Gasteiger partial charge in [-0.25, -0.2) is 14.6 Å². The Morgan fingerprint density at radius 3 is 1.74 bits per heavy atom. The number of hydrogen-bond acceptors (Lipinski definition) is 4. The molecule has 1 aromatic heterocycles. The van der Waals surface area contributed by atoms with Crippen LogP contribution in [-0.4, -0.2) is 58.1 Å². The Morgan fingerprint density at radius 1 is 1.13 bits per heavy atom. The van der Waals surface area contributed by atoms with Crippen LogP contribution in [0.4, 0.5) is 26.3 Å². The fourth-order valence-electron chi connectivity index (χ4n) is 0.681. The minimum Gasteiger partial charge on any atom is -0.475 e. The first-order valence-corrected chi connectivity index (χ1v) is 5.54. The summed E-state index contributed by atoms with van der Waals surface area (Å²) in [6, 6.07) is 0. The van der Waals surface area contributed by atoms with Crippen LogP contribution in [0.25, 0.3) is 0 Å². The highest BCUT2D eigenvalue weighted by atomic mass is 19.4. The van der Waals surface area contributed by atoms with Crippen LogP contribution in [0.5, 0.6) is 0 Å². The Balaban J connectivity index is 0. The Kier molecular flexibility index (Phi) is 10.4. The van der Waals surface area contributed by atoms with E-state index < -0.39 is 24.3 Å². The van der Waals surface area contributed by atoms with Gasteiger partial charge in [-0.1, -0.05) is 0 Å². The predicted octanol–water partition coefficient (Wildman–Crippen LogP) is 1.44. The molecule has 0 unspecified atom stereocenters. The number of nitrogens with one attached hydrogen (secondary N) is 2. The molecule has 0 amide bonds. The van der Waals surface area contributed by atoms with Gasteiger partial charge in [0.1, 0.15) is 0 Å². The molecule has 0 aliphatic heterocycles. The van der Waals surface area contributed by atoms with Crippen molar-refractivity contribution in [1.29, 1.82) is 0 Å². The maximum Gasteiger partial charge on any atom is 0.490 e. The molecule has 134 valence electrons. The van der Waals surface area contributed by atoms with Crippen LogP contribution in [0.1, 0.15) is 5.69 Å². The number of alkyl halides is 6. The summed E-state index contributed by atoms with van der Waals surface area (Å²) >= 11 is 0. The van der Waals surface area contributed by atoms with Crippen LogP contribution in [0.15, 0.2) is 12.5 Å². The summed E-state index contributed by atoms with van der Waals surface area (Å²) in [5.74, 6) is -5.51. The molecule has 0 saturated heterocycles. The van der Waals surface area contributed by atoms with Gasteiger partial charge in [-0.3, -0.25) is 0 Å². The lowest BCUT2D eigenvalue weighted by molar-refractivity contribution is -0.193. The zero-order valence-electron chi connectivity index (χ0n) is 11.5. The Bertz CT molecular complexity index is 434. The molecule has 23 heavy (non-hydrogen) atoms. The lowest BCUT2D eigenvalue weighted by Gasteiger charge is -1.93. The van der Waals surface area contributed by atoms with Crippen LogP contribution >= 0.6 is 0 Å². The summed E-state index contributed by atoms with van der Waals surface area (Å²) < 4.78 is 63.5. The maximum atomic E-state index is 10.6. The van der Waals surface area contributed by atoms with Crippen molar-refractivity contribution in [2.24, 2.45) is 0 Å². The zero-order valence-corrected chi connectivity index (χ0v) is 11.5. The minimum atomic E-state index is -5.08. The second kappa shape index (κ2) is 10.4. The van der Waals surface area contributed by atoms with Crippen molar-refractivity contribution in [3.63, 3.8) is 0 Å². The third-order valence-corrected chi connectivity index (χ3v) is 1.68. The molecule has 1 heterocycles. The number of likely N-dealkylation sites (N-methyl/N-ethyl adjacent to an activating group) is 1. The number of aromatic amines is 1. The van der Waals surface area contributed by atoms with E-state index in [0.29, 0.717) is 0 Å². The molecular formula is C10H13F6N3O4. The van der Waals surface area contributed by atoms with Gasteiger partial charge in [0.2, 0.25) is 0 Å². The van der Waals surface area contributed by atoms with Gasteiger partial charge in [-0.15, -0.1) is 0 Å². The van der Waals surface area contributed by atoms with Crippen molar-refractivity contribution >= 4 is 11.9 Å². The second-order valence-corrected chi connectivity index (χ2v) is 3.54. The van der Waals surface area contributed by atoms with E-state index in [1.54, 1.807) is 6.33 Å². The van der Waals surface area contributed by atoms with E-state index in [1.165, 1.54) is 5.69 Å². The topological polar surface area (TPSA) is 115 Å². The highest BCUT2D eigenvalue weighted by Crippen LogP contribution is 2.13. The van der Waals surface area contributed by atoms with Crippen LogP contribution in [0.2, 0.25) is 0 Å². The number of rotatable bonds is 3. The number of carboxylic acid groups (broad SMARTS) is 2. The largest absolute Gasteiger partial charge is 0.490 e. The van der Waals surface area contributed by atoms with Crippen LogP contribution in [0.3, 0.4) is 0 Å². The standard InChI is InChI=1S/C6H11N3.2C2HF3O2/c1-7-3-2-6-4-8-5-9-6;2*3-2(4,5)1(6)7/h4-5,7H,2-3H2,1H3,(H,8,9);2*(H,6,7). The summed E-state index contributed by atoms with van der Waals surface area (Å²) in [6.45, 7) is 1.00. The Hall–Kier alpha value is -2.31. The van der Waals surface area contributed by atoms with Gasteiger partial charge >= 0.3 is 24.3 Å². The van der Waals surface area contributed by atoms with Gasteiger partial charge in [-0.2, -0.15) is 26.3 Å². The highest BCUT2D eigenvalue weighted by Gasteiger charge is 2.38. The Morgan fingerprint density at radius 2 is 1.52 bits per heavy atom. The average Bonchev–Trinajstić information content (AvgIpc) is 2.88. The number of H-pyrrole nitrogens is 1. The van der Waals surface area contributed by atoms with E-state index in [1.807, 2.05) is 13.2 Å². The van der Waals surface area contributed by atoms with E-state index >= 15 is 0 Å². The van der Waals surface area contributed by atoms with E-state index in [9.17, 15) is 26.3 Å². The number of nitrogens with zero attached hydrogens (tertiary/aromatic N) is 1. The number of aliphatic carboxylic acids is 2. The molecule has 4 N–H and O–H groups in total. The van der Waals surface area contributed by atoms with Crippen molar-refractivity contribution in [2.75, 3.05) is 13.6 Å². The summed E-state index contributed by atoms with van der Waals surface area (Å²) in [5.41, 5.74) is 1.18. The first kappa shape index (κ1) is 23.0. The summed E-state index contributed by atoms with van der Waals surface area (Å²) in [6.07, 6.45) is -5.60. The molecule has 0 bridgehead atoms. The summed E-state index contributed by atoms with van der Waals surface area (Å²) in [5, 5.41) is 17.3. The van der Waals surface area contributed by atoms with Gasteiger partial charge in [0.15, 0.2) is 0 Å². The van der Waals surface area contributed by atoms with Crippen molar-refractivity contribution < 1.29 is 46.1 Å².